The van der Waals surface area contributed by atoms with Crippen molar-refractivity contribution in [2.24, 2.45) is 0 Å². The van der Waals surface area contributed by atoms with E-state index < -0.39 is 5.82 Å². The van der Waals surface area contributed by atoms with Gasteiger partial charge in [-0.15, -0.1) is 0 Å². The minimum absolute atomic E-state index is 0.00836. The summed E-state index contributed by atoms with van der Waals surface area (Å²) in [4.78, 5) is 23.2. The minimum atomic E-state index is -0.500. The molecular weight excluding hydrogens is 433 g/mol. The van der Waals surface area contributed by atoms with E-state index in [9.17, 15) is 9.18 Å². The van der Waals surface area contributed by atoms with Gasteiger partial charge in [-0.1, -0.05) is 18.2 Å². The van der Waals surface area contributed by atoms with Gasteiger partial charge in [-0.05, 0) is 43.2 Å². The highest BCUT2D eigenvalue weighted by atomic mass is 35.5. The first-order valence-electron chi connectivity index (χ1n) is 10.2. The Bertz CT molecular complexity index is 1190. The van der Waals surface area contributed by atoms with E-state index in [0.717, 1.165) is 12.8 Å². The zero-order chi connectivity index (χ0) is 22.8. The third kappa shape index (κ3) is 4.31. The van der Waals surface area contributed by atoms with E-state index in [-0.39, 0.29) is 16.8 Å². The fourth-order valence-electron chi connectivity index (χ4n) is 3.84. The molecule has 0 atom stereocenters. The lowest BCUT2D eigenvalue weighted by Crippen LogP contribution is -2.37. The maximum absolute atomic E-state index is 13.6. The molecule has 166 valence electrons. The van der Waals surface area contributed by atoms with Crippen LogP contribution in [0.25, 0.3) is 10.9 Å². The number of fused-ring (bicyclic) bond motifs is 1. The zero-order valence-corrected chi connectivity index (χ0v) is 18.3. The molecule has 1 aliphatic rings. The predicted octanol–water partition coefficient (Wildman–Crippen LogP) is 4.65. The molecule has 2 heterocycles. The summed E-state index contributed by atoms with van der Waals surface area (Å²) in [6, 6.07) is 7.89. The Balaban J connectivity index is 1.73. The van der Waals surface area contributed by atoms with E-state index >= 15 is 0 Å². The SMILES string of the molecule is C=CC(=O)N1CCC(c2nc(Nc3ccc(F)c(Cl)c3)c3cc(N)c(OC)cc3n2)CC1. The zero-order valence-electron chi connectivity index (χ0n) is 17.6. The van der Waals surface area contributed by atoms with E-state index in [0.29, 0.717) is 52.8 Å². The van der Waals surface area contributed by atoms with Gasteiger partial charge < -0.3 is 20.7 Å². The number of nitrogens with one attached hydrogen (secondary N) is 1. The van der Waals surface area contributed by atoms with Gasteiger partial charge in [-0.3, -0.25) is 4.79 Å². The number of carbonyl (C=O) groups excluding carboxylic acids is 1. The second-order valence-corrected chi connectivity index (χ2v) is 8.01. The van der Waals surface area contributed by atoms with Crippen LogP contribution in [0.2, 0.25) is 5.02 Å². The fourth-order valence-corrected chi connectivity index (χ4v) is 4.02. The molecule has 0 spiro atoms. The van der Waals surface area contributed by atoms with Crippen molar-refractivity contribution in [3.8, 4) is 5.75 Å². The van der Waals surface area contributed by atoms with Gasteiger partial charge in [0.1, 0.15) is 23.2 Å². The summed E-state index contributed by atoms with van der Waals surface area (Å²) in [5.74, 6) is 1.22. The highest BCUT2D eigenvalue weighted by Gasteiger charge is 2.25. The highest BCUT2D eigenvalue weighted by molar-refractivity contribution is 6.31. The van der Waals surface area contributed by atoms with Crippen LogP contribution in [0.5, 0.6) is 5.75 Å². The molecule has 0 aliphatic carbocycles. The molecule has 0 radical (unpaired) electrons. The summed E-state index contributed by atoms with van der Waals surface area (Å²) in [6.45, 7) is 4.77. The topological polar surface area (TPSA) is 93.4 Å². The minimum Gasteiger partial charge on any atom is -0.495 e. The summed E-state index contributed by atoms with van der Waals surface area (Å²) in [7, 11) is 1.55. The summed E-state index contributed by atoms with van der Waals surface area (Å²) in [5, 5.41) is 3.93. The van der Waals surface area contributed by atoms with E-state index in [4.69, 9.17) is 32.0 Å². The molecule has 1 amide bonds. The van der Waals surface area contributed by atoms with Crippen LogP contribution >= 0.6 is 11.6 Å². The van der Waals surface area contributed by atoms with Crippen molar-refractivity contribution in [2.75, 3.05) is 31.2 Å². The summed E-state index contributed by atoms with van der Waals surface area (Å²) < 4.78 is 19.0. The second-order valence-electron chi connectivity index (χ2n) is 7.60. The molecule has 9 heteroatoms. The van der Waals surface area contributed by atoms with Crippen LogP contribution in [-0.2, 0) is 4.79 Å². The molecule has 2 aromatic carbocycles. The molecule has 1 fully saturated rings. The lowest BCUT2D eigenvalue weighted by Gasteiger charge is -2.30. The quantitative estimate of drug-likeness (QED) is 0.429. The van der Waals surface area contributed by atoms with Gasteiger partial charge >= 0.3 is 0 Å². The lowest BCUT2D eigenvalue weighted by atomic mass is 9.95. The number of halogens is 2. The Labute approximate surface area is 190 Å². The Hall–Kier alpha value is -3.39. The first-order chi connectivity index (χ1) is 15.4. The normalized spacial score (nSPS) is 14.4. The van der Waals surface area contributed by atoms with E-state index in [2.05, 4.69) is 11.9 Å². The van der Waals surface area contributed by atoms with Crippen LogP contribution < -0.4 is 15.8 Å². The third-order valence-electron chi connectivity index (χ3n) is 5.59. The largest absolute Gasteiger partial charge is 0.495 e. The molecule has 3 N–H and O–H groups in total. The number of amides is 1. The summed E-state index contributed by atoms with van der Waals surface area (Å²) >= 11 is 5.94. The van der Waals surface area contributed by atoms with Crippen LogP contribution in [0.15, 0.2) is 43.0 Å². The molecule has 0 saturated carbocycles. The number of nitrogens with zero attached hydrogens (tertiary/aromatic N) is 3. The highest BCUT2D eigenvalue weighted by Crippen LogP contribution is 2.35. The number of benzene rings is 2. The van der Waals surface area contributed by atoms with Crippen LogP contribution in [-0.4, -0.2) is 41.0 Å². The lowest BCUT2D eigenvalue weighted by molar-refractivity contribution is -0.127. The van der Waals surface area contributed by atoms with Crippen molar-refractivity contribution in [3.63, 3.8) is 0 Å². The van der Waals surface area contributed by atoms with Gasteiger partial charge in [0.25, 0.3) is 0 Å². The van der Waals surface area contributed by atoms with Crippen LogP contribution in [0.1, 0.15) is 24.6 Å². The van der Waals surface area contributed by atoms with Crippen molar-refractivity contribution < 1.29 is 13.9 Å². The number of rotatable bonds is 5. The standard InChI is InChI=1S/C23H23ClFN5O2/c1-3-21(31)30-8-6-13(7-9-30)22-28-19-12-20(32-2)18(26)11-15(19)23(29-22)27-14-4-5-17(25)16(24)10-14/h3-5,10-13H,1,6-9,26H2,2H3,(H,27,28,29). The van der Waals surface area contributed by atoms with Crippen LogP contribution in [0.4, 0.5) is 21.6 Å². The number of ether oxygens (including phenoxy) is 1. The molecule has 3 aromatic rings. The first-order valence-corrected chi connectivity index (χ1v) is 10.6. The molecule has 32 heavy (non-hydrogen) atoms. The summed E-state index contributed by atoms with van der Waals surface area (Å²) in [6.07, 6.45) is 2.80. The predicted molar refractivity (Wildman–Crippen MR) is 124 cm³/mol. The van der Waals surface area contributed by atoms with Gasteiger partial charge in [-0.25, -0.2) is 14.4 Å². The third-order valence-corrected chi connectivity index (χ3v) is 5.88. The van der Waals surface area contributed by atoms with Crippen LogP contribution in [0.3, 0.4) is 0 Å². The fraction of sp³-hybridized carbons (Fsp3) is 0.261. The molecule has 1 aromatic heterocycles. The Morgan fingerprint density at radius 2 is 2.06 bits per heavy atom. The van der Waals surface area contributed by atoms with Gasteiger partial charge in [-0.2, -0.15) is 0 Å². The Kier molecular flexibility index (Phi) is 6.14. The molecule has 7 nitrogen and oxygen atoms in total. The molecule has 4 rings (SSSR count). The maximum Gasteiger partial charge on any atom is 0.245 e. The van der Waals surface area contributed by atoms with Crippen molar-refractivity contribution in [1.29, 1.82) is 0 Å². The average Bonchev–Trinajstić information content (AvgIpc) is 2.80. The number of nitrogen functional groups attached to an aromatic ring is 1. The summed E-state index contributed by atoms with van der Waals surface area (Å²) in [5.41, 5.74) is 7.82. The number of methoxy groups -OCH3 is 1. The smallest absolute Gasteiger partial charge is 0.245 e. The van der Waals surface area contributed by atoms with Gasteiger partial charge in [0.15, 0.2) is 0 Å². The molecule has 1 saturated heterocycles. The molecule has 1 aliphatic heterocycles. The Morgan fingerprint density at radius 3 is 2.72 bits per heavy atom. The van der Waals surface area contributed by atoms with Crippen molar-refractivity contribution in [1.82, 2.24) is 14.9 Å². The number of carbonyl (C=O) groups is 1. The maximum atomic E-state index is 13.6. The molecule has 0 bridgehead atoms. The first kappa shape index (κ1) is 21.8. The van der Waals surface area contributed by atoms with E-state index in [1.807, 2.05) is 0 Å². The number of hydrogen-bond acceptors (Lipinski definition) is 6. The van der Waals surface area contributed by atoms with Gasteiger partial charge in [0.2, 0.25) is 5.91 Å². The van der Waals surface area contributed by atoms with E-state index in [1.165, 1.54) is 18.2 Å². The van der Waals surface area contributed by atoms with Crippen molar-refractivity contribution in [2.45, 2.75) is 18.8 Å². The van der Waals surface area contributed by atoms with E-state index in [1.54, 1.807) is 30.2 Å². The molecular formula is C23H23ClFN5O2. The molecule has 0 unspecified atom stereocenters. The van der Waals surface area contributed by atoms with Gasteiger partial charge in [0.05, 0.1) is 23.3 Å². The van der Waals surface area contributed by atoms with Crippen molar-refractivity contribution in [3.05, 3.63) is 59.7 Å². The second kappa shape index (κ2) is 9.00. The monoisotopic (exact) mass is 455 g/mol. The number of likely N-dealkylation sites (tertiary alicyclic amines) is 1. The van der Waals surface area contributed by atoms with Crippen molar-refractivity contribution >= 4 is 45.6 Å². The number of aromatic nitrogens is 2. The Morgan fingerprint density at radius 1 is 1.31 bits per heavy atom. The average molecular weight is 456 g/mol. The number of hydrogen-bond donors (Lipinski definition) is 2. The number of anilines is 3. The number of piperidine rings is 1. The van der Waals surface area contributed by atoms with Gasteiger partial charge in [0, 0.05) is 36.1 Å². The van der Waals surface area contributed by atoms with Crippen LogP contribution in [0, 0.1) is 5.82 Å². The number of nitrogens with two attached hydrogens (primary N) is 1.